The minimum Gasteiger partial charge on any atom is -0.507 e. The third-order valence-electron chi connectivity index (χ3n) is 3.77. The second-order valence-electron chi connectivity index (χ2n) is 5.54. The molecule has 0 unspecified atom stereocenters. The lowest BCUT2D eigenvalue weighted by molar-refractivity contribution is 0.463. The van der Waals surface area contributed by atoms with E-state index in [1.165, 1.54) is 0 Å². The zero-order chi connectivity index (χ0) is 16.2. The van der Waals surface area contributed by atoms with Crippen LogP contribution in [-0.4, -0.2) is 5.11 Å². The number of para-hydroxylation sites is 1. The Balaban J connectivity index is 1.86. The van der Waals surface area contributed by atoms with Crippen molar-refractivity contribution in [1.29, 1.82) is 0 Å². The molecule has 3 aromatic rings. The van der Waals surface area contributed by atoms with Crippen molar-refractivity contribution in [1.82, 2.24) is 0 Å². The largest absolute Gasteiger partial charge is 0.507 e. The second kappa shape index (κ2) is 7.08. The van der Waals surface area contributed by atoms with Gasteiger partial charge in [-0.25, -0.2) is 0 Å². The highest BCUT2D eigenvalue weighted by atomic mass is 35.5. The maximum absolute atomic E-state index is 10.6. The molecule has 3 heteroatoms. The van der Waals surface area contributed by atoms with Gasteiger partial charge in [0.25, 0.3) is 0 Å². The quantitative estimate of drug-likeness (QED) is 0.627. The molecule has 1 N–H and O–H groups in total. The predicted octanol–water partition coefficient (Wildman–Crippen LogP) is 5.88. The van der Waals surface area contributed by atoms with Crippen molar-refractivity contribution in [2.75, 3.05) is 0 Å². The molecule has 0 aliphatic rings. The summed E-state index contributed by atoms with van der Waals surface area (Å²) in [5.41, 5.74) is 3.94. The first kappa shape index (κ1) is 15.9. The first-order valence-corrected chi connectivity index (χ1v) is 8.16. The molecular weight excluding hydrogens is 327 g/mol. The van der Waals surface area contributed by atoms with Crippen LogP contribution in [0.25, 0.3) is 0 Å². The summed E-state index contributed by atoms with van der Waals surface area (Å²) >= 11 is 12.1. The summed E-state index contributed by atoms with van der Waals surface area (Å²) in [7, 11) is 0. The summed E-state index contributed by atoms with van der Waals surface area (Å²) in [6.07, 6.45) is 1.30. The van der Waals surface area contributed by atoms with E-state index in [1.54, 1.807) is 0 Å². The van der Waals surface area contributed by atoms with Crippen molar-refractivity contribution >= 4 is 23.2 Å². The Morgan fingerprint density at radius 2 is 1.09 bits per heavy atom. The van der Waals surface area contributed by atoms with Crippen LogP contribution in [-0.2, 0) is 12.8 Å². The molecule has 116 valence electrons. The summed E-state index contributed by atoms with van der Waals surface area (Å²) in [4.78, 5) is 0. The molecule has 0 radical (unpaired) electrons. The molecule has 0 aliphatic carbocycles. The van der Waals surface area contributed by atoms with Crippen LogP contribution in [0.4, 0.5) is 0 Å². The van der Waals surface area contributed by atoms with Crippen molar-refractivity contribution in [3.63, 3.8) is 0 Å². The number of rotatable bonds is 4. The highest BCUT2D eigenvalue weighted by Crippen LogP contribution is 2.28. The van der Waals surface area contributed by atoms with E-state index in [-0.39, 0.29) is 0 Å². The van der Waals surface area contributed by atoms with E-state index in [0.717, 1.165) is 22.3 Å². The Labute approximate surface area is 146 Å². The predicted molar refractivity (Wildman–Crippen MR) is 96.6 cm³/mol. The van der Waals surface area contributed by atoms with Gasteiger partial charge in [-0.3, -0.25) is 0 Å². The van der Waals surface area contributed by atoms with E-state index in [4.69, 9.17) is 23.2 Å². The average molecular weight is 343 g/mol. The molecule has 0 spiro atoms. The molecule has 0 heterocycles. The molecule has 0 aromatic heterocycles. The summed E-state index contributed by atoms with van der Waals surface area (Å²) in [5.74, 6) is 0.340. The summed E-state index contributed by atoms with van der Waals surface area (Å²) in [5, 5.41) is 12.0. The zero-order valence-corrected chi connectivity index (χ0v) is 14.0. The Morgan fingerprint density at radius 3 is 1.52 bits per heavy atom. The van der Waals surface area contributed by atoms with Gasteiger partial charge in [0.2, 0.25) is 0 Å². The SMILES string of the molecule is Oc1c(Cc2cccc(Cl)c2)cccc1Cc1cccc(Cl)c1. The van der Waals surface area contributed by atoms with Gasteiger partial charge >= 0.3 is 0 Å². The molecular formula is C20H16Cl2O. The van der Waals surface area contributed by atoms with Crippen LogP contribution in [0.15, 0.2) is 66.7 Å². The molecule has 0 aliphatic heterocycles. The Hall–Kier alpha value is -1.96. The lowest BCUT2D eigenvalue weighted by atomic mass is 9.98. The summed E-state index contributed by atoms with van der Waals surface area (Å²) in [6.45, 7) is 0. The number of hydrogen-bond donors (Lipinski definition) is 1. The van der Waals surface area contributed by atoms with Crippen LogP contribution in [0, 0.1) is 0 Å². The number of phenolic OH excluding ortho intramolecular Hbond substituents is 1. The molecule has 0 saturated heterocycles. The monoisotopic (exact) mass is 342 g/mol. The summed E-state index contributed by atoms with van der Waals surface area (Å²) < 4.78 is 0. The van der Waals surface area contributed by atoms with Gasteiger partial charge in [-0.15, -0.1) is 0 Å². The Bertz CT molecular complexity index is 762. The maximum atomic E-state index is 10.6. The number of aromatic hydroxyl groups is 1. The van der Waals surface area contributed by atoms with E-state index in [9.17, 15) is 5.11 Å². The van der Waals surface area contributed by atoms with Crippen molar-refractivity contribution in [2.45, 2.75) is 12.8 Å². The highest BCUT2D eigenvalue weighted by molar-refractivity contribution is 6.30. The van der Waals surface area contributed by atoms with Gasteiger partial charge in [-0.1, -0.05) is 65.7 Å². The van der Waals surface area contributed by atoms with Crippen LogP contribution in [0.3, 0.4) is 0 Å². The second-order valence-corrected chi connectivity index (χ2v) is 6.41. The van der Waals surface area contributed by atoms with Crippen molar-refractivity contribution in [2.24, 2.45) is 0 Å². The lowest BCUT2D eigenvalue weighted by Gasteiger charge is -2.11. The minimum atomic E-state index is 0.340. The Kier molecular flexibility index (Phi) is 4.90. The van der Waals surface area contributed by atoms with Crippen molar-refractivity contribution in [3.05, 3.63) is 99.0 Å². The first-order valence-electron chi connectivity index (χ1n) is 7.40. The van der Waals surface area contributed by atoms with Gasteiger partial charge in [-0.2, -0.15) is 0 Å². The van der Waals surface area contributed by atoms with E-state index in [2.05, 4.69) is 0 Å². The smallest absolute Gasteiger partial charge is 0.122 e. The molecule has 0 amide bonds. The topological polar surface area (TPSA) is 20.2 Å². The number of halogens is 2. The van der Waals surface area contributed by atoms with Gasteiger partial charge in [0.15, 0.2) is 0 Å². The number of phenols is 1. The standard InChI is InChI=1S/C20H16Cl2O/c21-18-8-1-4-14(12-18)10-16-6-3-7-17(20(16)23)11-15-5-2-9-19(22)13-15/h1-9,12-13,23H,10-11H2. The highest BCUT2D eigenvalue weighted by Gasteiger charge is 2.09. The van der Waals surface area contributed by atoms with Crippen LogP contribution >= 0.6 is 23.2 Å². The van der Waals surface area contributed by atoms with Crippen molar-refractivity contribution < 1.29 is 5.11 Å². The molecule has 0 saturated carbocycles. The van der Waals surface area contributed by atoms with Gasteiger partial charge in [0, 0.05) is 22.9 Å². The summed E-state index contributed by atoms with van der Waals surface area (Å²) in [6, 6.07) is 21.3. The third kappa shape index (κ3) is 4.07. The van der Waals surface area contributed by atoms with E-state index in [1.807, 2.05) is 66.7 Å². The van der Waals surface area contributed by atoms with Gasteiger partial charge in [0.05, 0.1) is 0 Å². The fourth-order valence-corrected chi connectivity index (χ4v) is 3.09. The van der Waals surface area contributed by atoms with E-state index >= 15 is 0 Å². The molecule has 3 rings (SSSR count). The van der Waals surface area contributed by atoms with Crippen LogP contribution in [0.5, 0.6) is 5.75 Å². The normalized spacial score (nSPS) is 10.7. The fraction of sp³-hybridized carbons (Fsp3) is 0.100. The van der Waals surface area contributed by atoms with Crippen LogP contribution < -0.4 is 0 Å². The van der Waals surface area contributed by atoms with Gasteiger partial charge in [-0.05, 0) is 46.5 Å². The number of benzene rings is 3. The zero-order valence-electron chi connectivity index (χ0n) is 12.5. The molecule has 3 aromatic carbocycles. The fourth-order valence-electron chi connectivity index (χ4n) is 2.66. The molecule has 0 atom stereocenters. The number of hydrogen-bond acceptors (Lipinski definition) is 1. The first-order chi connectivity index (χ1) is 11.1. The van der Waals surface area contributed by atoms with Gasteiger partial charge in [0.1, 0.15) is 5.75 Å². The van der Waals surface area contributed by atoms with Gasteiger partial charge < -0.3 is 5.11 Å². The van der Waals surface area contributed by atoms with Crippen molar-refractivity contribution in [3.8, 4) is 5.75 Å². The van der Waals surface area contributed by atoms with Crippen LogP contribution in [0.2, 0.25) is 10.0 Å². The third-order valence-corrected chi connectivity index (χ3v) is 4.24. The van der Waals surface area contributed by atoms with Crippen LogP contribution in [0.1, 0.15) is 22.3 Å². The molecule has 0 bridgehead atoms. The average Bonchev–Trinajstić information content (AvgIpc) is 2.51. The maximum Gasteiger partial charge on any atom is 0.122 e. The van der Waals surface area contributed by atoms with E-state index in [0.29, 0.717) is 28.6 Å². The molecule has 1 nitrogen and oxygen atoms in total. The minimum absolute atomic E-state index is 0.340. The molecule has 23 heavy (non-hydrogen) atoms. The Morgan fingerprint density at radius 1 is 0.652 bits per heavy atom. The lowest BCUT2D eigenvalue weighted by Crippen LogP contribution is -1.94. The van der Waals surface area contributed by atoms with E-state index < -0.39 is 0 Å². The molecule has 0 fully saturated rings.